The van der Waals surface area contributed by atoms with E-state index in [1.54, 1.807) is 11.3 Å². The van der Waals surface area contributed by atoms with Gasteiger partial charge in [0.05, 0.1) is 18.3 Å². The van der Waals surface area contributed by atoms with Crippen molar-refractivity contribution in [3.63, 3.8) is 0 Å². The number of nitrogens with zero attached hydrogens (tertiary/aromatic N) is 1. The molecule has 3 unspecified atom stereocenters. The minimum atomic E-state index is -0.382. The van der Waals surface area contributed by atoms with Crippen molar-refractivity contribution in [1.82, 2.24) is 4.98 Å². The predicted octanol–water partition coefficient (Wildman–Crippen LogP) is 4.56. The Morgan fingerprint density at radius 2 is 2.11 bits per heavy atom. The summed E-state index contributed by atoms with van der Waals surface area (Å²) in [5.41, 5.74) is 1.06. The first kappa shape index (κ1) is 19.6. The number of aliphatic hydroxyl groups is 2. The van der Waals surface area contributed by atoms with Crippen LogP contribution in [0.1, 0.15) is 74.6 Å². The van der Waals surface area contributed by atoms with Gasteiger partial charge in [-0.2, -0.15) is 0 Å². The number of aliphatic hydroxyl groups excluding tert-OH is 2. The Labute approximate surface area is 166 Å². The Morgan fingerprint density at radius 3 is 2.85 bits per heavy atom. The highest BCUT2D eigenvalue weighted by Crippen LogP contribution is 2.46. The summed E-state index contributed by atoms with van der Waals surface area (Å²) in [5.74, 6) is 1.28. The van der Waals surface area contributed by atoms with Gasteiger partial charge < -0.3 is 14.9 Å². The van der Waals surface area contributed by atoms with Gasteiger partial charge in [-0.25, -0.2) is 4.98 Å². The third-order valence-corrected chi connectivity index (χ3v) is 7.86. The lowest BCUT2D eigenvalue weighted by molar-refractivity contribution is -0.0767. The average Bonchev–Trinajstić information content (AvgIpc) is 3.38. The van der Waals surface area contributed by atoms with Crippen molar-refractivity contribution in [2.24, 2.45) is 17.8 Å². The molecule has 4 rings (SSSR count). The molecule has 6 atom stereocenters. The molecule has 0 amide bonds. The second-order valence-corrected chi connectivity index (χ2v) is 9.68. The molecule has 1 aromatic heterocycles. The van der Waals surface area contributed by atoms with Crippen molar-refractivity contribution in [3.8, 4) is 0 Å². The second kappa shape index (κ2) is 8.73. The van der Waals surface area contributed by atoms with Crippen LogP contribution in [0.2, 0.25) is 0 Å². The summed E-state index contributed by atoms with van der Waals surface area (Å²) in [6.45, 7) is 2.02. The van der Waals surface area contributed by atoms with Gasteiger partial charge in [-0.05, 0) is 44.4 Å². The third kappa shape index (κ3) is 4.64. The summed E-state index contributed by atoms with van der Waals surface area (Å²) < 4.78 is 6.32. The fourth-order valence-corrected chi connectivity index (χ4v) is 6.16. The quantitative estimate of drug-likeness (QED) is 0.698. The Hall–Kier alpha value is -0.750. The summed E-state index contributed by atoms with van der Waals surface area (Å²) in [4.78, 5) is 4.58. The fraction of sp³-hybridized carbons (Fsp3) is 0.773. The minimum Gasteiger partial charge on any atom is -0.392 e. The number of aromatic nitrogens is 1. The van der Waals surface area contributed by atoms with Crippen LogP contribution in [0, 0.1) is 24.7 Å². The van der Waals surface area contributed by atoms with Gasteiger partial charge in [-0.15, -0.1) is 11.3 Å². The standard InChI is InChI=1S/C22H33NO3S/c1-14-13-27-22(23-14)20-11-10-18-17(19(25)12-21(18)26-20)9-8-16(24)7-6-15-4-2-3-5-15/h8-9,13,15-21,24-25H,2-7,10-12H2,1H3/b9-8+/t16?,17?,18-,19-,20?,21+/m1/s1. The number of ether oxygens (including phenoxy) is 1. The van der Waals surface area contributed by atoms with E-state index in [0.717, 1.165) is 42.3 Å². The normalized spacial score (nSPS) is 35.7. The van der Waals surface area contributed by atoms with Gasteiger partial charge in [0.15, 0.2) is 0 Å². The molecule has 150 valence electrons. The average molecular weight is 392 g/mol. The molecular weight excluding hydrogens is 358 g/mol. The van der Waals surface area contributed by atoms with E-state index in [2.05, 4.69) is 16.4 Å². The van der Waals surface area contributed by atoms with Gasteiger partial charge in [0.2, 0.25) is 0 Å². The Kier molecular flexibility index (Phi) is 6.32. The summed E-state index contributed by atoms with van der Waals surface area (Å²) in [6, 6.07) is 0. The Morgan fingerprint density at radius 1 is 1.30 bits per heavy atom. The van der Waals surface area contributed by atoms with Crippen LogP contribution in [0.25, 0.3) is 0 Å². The molecule has 0 spiro atoms. The van der Waals surface area contributed by atoms with Crippen molar-refractivity contribution >= 4 is 11.3 Å². The van der Waals surface area contributed by atoms with E-state index in [9.17, 15) is 10.2 Å². The Bertz CT molecular complexity index is 639. The molecule has 2 saturated carbocycles. The summed E-state index contributed by atoms with van der Waals surface area (Å²) in [6.07, 6.45) is 13.5. The number of aryl methyl sites for hydroxylation is 1. The third-order valence-electron chi connectivity index (χ3n) is 6.80. The molecule has 0 radical (unpaired) electrons. The molecule has 2 N–H and O–H groups in total. The van der Waals surface area contributed by atoms with Crippen LogP contribution in [-0.2, 0) is 4.74 Å². The van der Waals surface area contributed by atoms with Crippen molar-refractivity contribution in [2.75, 3.05) is 0 Å². The van der Waals surface area contributed by atoms with Crippen LogP contribution in [-0.4, -0.2) is 33.5 Å². The highest BCUT2D eigenvalue weighted by atomic mass is 32.1. The molecule has 0 bridgehead atoms. The van der Waals surface area contributed by atoms with Gasteiger partial charge in [0, 0.05) is 23.4 Å². The van der Waals surface area contributed by atoms with Gasteiger partial charge in [0.25, 0.3) is 0 Å². The lowest BCUT2D eigenvalue weighted by Crippen LogP contribution is -2.30. The van der Waals surface area contributed by atoms with Crippen LogP contribution >= 0.6 is 11.3 Å². The maximum atomic E-state index is 10.6. The van der Waals surface area contributed by atoms with Crippen LogP contribution in [0.15, 0.2) is 17.5 Å². The van der Waals surface area contributed by atoms with E-state index in [-0.39, 0.29) is 30.3 Å². The van der Waals surface area contributed by atoms with Crippen LogP contribution in [0.3, 0.4) is 0 Å². The van der Waals surface area contributed by atoms with E-state index < -0.39 is 0 Å². The van der Waals surface area contributed by atoms with Crippen molar-refractivity contribution in [1.29, 1.82) is 0 Å². The monoisotopic (exact) mass is 391 g/mol. The summed E-state index contributed by atoms with van der Waals surface area (Å²) in [5, 5.41) is 24.1. The van der Waals surface area contributed by atoms with E-state index in [1.807, 2.05) is 13.0 Å². The number of thiazole rings is 1. The van der Waals surface area contributed by atoms with E-state index in [0.29, 0.717) is 12.3 Å². The largest absolute Gasteiger partial charge is 0.392 e. The lowest BCUT2D eigenvalue weighted by Gasteiger charge is -2.33. The van der Waals surface area contributed by atoms with E-state index >= 15 is 0 Å². The van der Waals surface area contributed by atoms with Crippen molar-refractivity contribution in [2.45, 2.75) is 89.1 Å². The van der Waals surface area contributed by atoms with Crippen LogP contribution in [0.4, 0.5) is 0 Å². The molecule has 27 heavy (non-hydrogen) atoms. The highest BCUT2D eigenvalue weighted by Gasteiger charge is 2.45. The van der Waals surface area contributed by atoms with Gasteiger partial charge in [0.1, 0.15) is 11.1 Å². The predicted molar refractivity (Wildman–Crippen MR) is 108 cm³/mol. The number of hydrogen-bond acceptors (Lipinski definition) is 5. The van der Waals surface area contributed by atoms with Crippen molar-refractivity contribution in [3.05, 3.63) is 28.2 Å². The van der Waals surface area contributed by atoms with E-state index in [1.165, 1.54) is 25.7 Å². The molecule has 1 saturated heterocycles. The zero-order chi connectivity index (χ0) is 18.8. The first-order valence-electron chi connectivity index (χ1n) is 10.7. The maximum absolute atomic E-state index is 10.6. The Balaban J connectivity index is 1.30. The molecule has 3 fully saturated rings. The number of fused-ring (bicyclic) bond motifs is 1. The SMILES string of the molecule is Cc1csc(C2CC[C@@H]3C(/C=C/C(O)CCC4CCCC4)[C@H](O)C[C@@H]3O2)n1. The smallest absolute Gasteiger partial charge is 0.122 e. The molecule has 4 nitrogen and oxygen atoms in total. The fourth-order valence-electron chi connectivity index (χ4n) is 5.29. The molecule has 5 heteroatoms. The van der Waals surface area contributed by atoms with Crippen LogP contribution < -0.4 is 0 Å². The minimum absolute atomic E-state index is 0.0804. The molecule has 3 aliphatic rings. The maximum Gasteiger partial charge on any atom is 0.122 e. The molecule has 2 heterocycles. The van der Waals surface area contributed by atoms with Crippen LogP contribution in [0.5, 0.6) is 0 Å². The van der Waals surface area contributed by atoms with Crippen molar-refractivity contribution < 1.29 is 14.9 Å². The van der Waals surface area contributed by atoms with E-state index in [4.69, 9.17) is 4.74 Å². The second-order valence-electron chi connectivity index (χ2n) is 8.79. The number of hydrogen-bond donors (Lipinski definition) is 2. The zero-order valence-corrected chi connectivity index (χ0v) is 17.1. The molecule has 1 aliphatic heterocycles. The summed E-state index contributed by atoms with van der Waals surface area (Å²) >= 11 is 1.68. The highest BCUT2D eigenvalue weighted by molar-refractivity contribution is 7.09. The first-order valence-corrected chi connectivity index (χ1v) is 11.6. The molecular formula is C22H33NO3S. The van der Waals surface area contributed by atoms with Gasteiger partial charge >= 0.3 is 0 Å². The molecule has 2 aliphatic carbocycles. The first-order chi connectivity index (χ1) is 13.1. The van der Waals surface area contributed by atoms with Gasteiger partial charge in [-0.1, -0.05) is 37.8 Å². The zero-order valence-electron chi connectivity index (χ0n) is 16.3. The number of rotatable bonds is 6. The van der Waals surface area contributed by atoms with Gasteiger partial charge in [-0.3, -0.25) is 0 Å². The molecule has 0 aromatic carbocycles. The topological polar surface area (TPSA) is 62.6 Å². The lowest BCUT2D eigenvalue weighted by atomic mass is 9.86. The molecule has 1 aromatic rings. The summed E-state index contributed by atoms with van der Waals surface area (Å²) in [7, 11) is 0.